The van der Waals surface area contributed by atoms with Crippen LogP contribution in [-0.4, -0.2) is 42.3 Å². The van der Waals surface area contributed by atoms with Crippen molar-refractivity contribution >= 4 is 12.1 Å². The molecule has 1 aromatic carbocycles. The van der Waals surface area contributed by atoms with Gasteiger partial charge in [0.25, 0.3) is 0 Å². The Balaban J connectivity index is 1.87. The van der Waals surface area contributed by atoms with E-state index in [9.17, 15) is 9.59 Å². The van der Waals surface area contributed by atoms with Gasteiger partial charge in [-0.3, -0.25) is 4.79 Å². The first-order valence-electron chi connectivity index (χ1n) is 6.44. The molecule has 20 heavy (non-hydrogen) atoms. The maximum Gasteiger partial charge on any atom is 0.415 e. The van der Waals surface area contributed by atoms with E-state index < -0.39 is 12.1 Å². The molecule has 1 heterocycles. The summed E-state index contributed by atoms with van der Waals surface area (Å²) in [5, 5.41) is 8.90. The fraction of sp³-hybridized carbons (Fsp3) is 0.429. The third-order valence-electron chi connectivity index (χ3n) is 3.37. The maximum absolute atomic E-state index is 11.9. The molecule has 1 aliphatic heterocycles. The molecule has 0 radical (unpaired) electrons. The molecule has 0 bridgehead atoms. The van der Waals surface area contributed by atoms with E-state index in [0.29, 0.717) is 37.4 Å². The van der Waals surface area contributed by atoms with E-state index in [1.165, 1.54) is 4.90 Å². The number of ether oxygens (including phenoxy) is 2. The number of hydrogen-bond acceptors (Lipinski definition) is 4. The molecule has 2 rings (SSSR count). The molecule has 6 heteroatoms. The highest BCUT2D eigenvalue weighted by Gasteiger charge is 2.27. The van der Waals surface area contributed by atoms with Gasteiger partial charge in [0.15, 0.2) is 0 Å². The lowest BCUT2D eigenvalue weighted by molar-refractivity contribution is -0.143. The van der Waals surface area contributed by atoms with E-state index in [2.05, 4.69) is 0 Å². The molecular formula is C14H17NO5. The van der Waals surface area contributed by atoms with Gasteiger partial charge in [0, 0.05) is 13.1 Å². The zero-order valence-corrected chi connectivity index (χ0v) is 11.2. The molecule has 0 unspecified atom stereocenters. The van der Waals surface area contributed by atoms with E-state index in [1.54, 1.807) is 31.4 Å². The van der Waals surface area contributed by atoms with Gasteiger partial charge in [0.1, 0.15) is 11.5 Å². The Hall–Kier alpha value is -2.24. The topological polar surface area (TPSA) is 76.1 Å². The van der Waals surface area contributed by atoms with Gasteiger partial charge in [-0.05, 0) is 37.1 Å². The molecule has 108 valence electrons. The average molecular weight is 279 g/mol. The second kappa shape index (κ2) is 6.27. The molecule has 1 N–H and O–H groups in total. The predicted octanol–water partition coefficient (Wildman–Crippen LogP) is 1.99. The highest BCUT2D eigenvalue weighted by atomic mass is 16.6. The van der Waals surface area contributed by atoms with Crippen molar-refractivity contribution in [2.24, 2.45) is 5.92 Å². The van der Waals surface area contributed by atoms with Gasteiger partial charge in [-0.25, -0.2) is 4.79 Å². The number of aliphatic carboxylic acids is 1. The summed E-state index contributed by atoms with van der Waals surface area (Å²) in [7, 11) is 1.56. The van der Waals surface area contributed by atoms with Crippen molar-refractivity contribution in [1.29, 1.82) is 0 Å². The monoisotopic (exact) mass is 279 g/mol. The Bertz CT molecular complexity index is 477. The standard InChI is InChI=1S/C14H17NO5/c1-19-11-2-4-12(5-3-11)20-14(18)15-8-6-10(7-9-15)13(16)17/h2-5,10H,6-9H2,1H3,(H,16,17). The first-order chi connectivity index (χ1) is 9.60. The predicted molar refractivity (Wildman–Crippen MR) is 71.0 cm³/mol. The summed E-state index contributed by atoms with van der Waals surface area (Å²) in [5.41, 5.74) is 0. The normalized spacial score (nSPS) is 15.8. The largest absolute Gasteiger partial charge is 0.497 e. The number of carbonyl (C=O) groups is 2. The fourth-order valence-electron chi connectivity index (χ4n) is 2.12. The van der Waals surface area contributed by atoms with Crippen molar-refractivity contribution in [3.8, 4) is 11.5 Å². The molecule has 1 fully saturated rings. The van der Waals surface area contributed by atoms with Crippen molar-refractivity contribution in [2.45, 2.75) is 12.8 Å². The highest BCUT2D eigenvalue weighted by Crippen LogP contribution is 2.21. The summed E-state index contributed by atoms with van der Waals surface area (Å²) in [5.74, 6) is -0.0311. The van der Waals surface area contributed by atoms with Crippen LogP contribution in [0.5, 0.6) is 11.5 Å². The van der Waals surface area contributed by atoms with Crippen molar-refractivity contribution in [3.63, 3.8) is 0 Å². The van der Waals surface area contributed by atoms with E-state index in [1.807, 2.05) is 0 Å². The van der Waals surface area contributed by atoms with Crippen molar-refractivity contribution in [1.82, 2.24) is 4.90 Å². The smallest absolute Gasteiger partial charge is 0.415 e. The van der Waals surface area contributed by atoms with Gasteiger partial charge in [-0.1, -0.05) is 0 Å². The van der Waals surface area contributed by atoms with Crippen LogP contribution in [0.2, 0.25) is 0 Å². The van der Waals surface area contributed by atoms with Crippen LogP contribution in [0.3, 0.4) is 0 Å². The highest BCUT2D eigenvalue weighted by molar-refractivity contribution is 5.73. The Kier molecular flexibility index (Phi) is 4.45. The van der Waals surface area contributed by atoms with E-state index in [-0.39, 0.29) is 5.92 Å². The minimum atomic E-state index is -0.798. The Morgan fingerprint density at radius 1 is 1.15 bits per heavy atom. The maximum atomic E-state index is 11.9. The van der Waals surface area contributed by atoms with Gasteiger partial charge >= 0.3 is 12.1 Å². The molecule has 1 amide bonds. The van der Waals surface area contributed by atoms with E-state index in [0.717, 1.165) is 0 Å². The summed E-state index contributed by atoms with van der Waals surface area (Å²) < 4.78 is 10.3. The van der Waals surface area contributed by atoms with E-state index >= 15 is 0 Å². The van der Waals surface area contributed by atoms with Gasteiger partial charge in [0.05, 0.1) is 13.0 Å². The lowest BCUT2D eigenvalue weighted by Crippen LogP contribution is -2.41. The van der Waals surface area contributed by atoms with Crippen LogP contribution in [-0.2, 0) is 4.79 Å². The van der Waals surface area contributed by atoms with Crippen LogP contribution in [0.15, 0.2) is 24.3 Å². The molecule has 0 aromatic heterocycles. The average Bonchev–Trinajstić information content (AvgIpc) is 2.48. The summed E-state index contributed by atoms with van der Waals surface area (Å²) in [4.78, 5) is 24.3. The molecule has 1 saturated heterocycles. The fourth-order valence-corrected chi connectivity index (χ4v) is 2.12. The number of carbonyl (C=O) groups excluding carboxylic acids is 1. The lowest BCUT2D eigenvalue weighted by Gasteiger charge is -2.29. The number of carboxylic acids is 1. The summed E-state index contributed by atoms with van der Waals surface area (Å²) in [6, 6.07) is 6.72. The van der Waals surface area contributed by atoms with Gasteiger partial charge in [-0.15, -0.1) is 0 Å². The molecule has 6 nitrogen and oxygen atoms in total. The van der Waals surface area contributed by atoms with Crippen molar-refractivity contribution in [3.05, 3.63) is 24.3 Å². The van der Waals surface area contributed by atoms with Crippen LogP contribution < -0.4 is 9.47 Å². The van der Waals surface area contributed by atoms with Crippen LogP contribution >= 0.6 is 0 Å². The Labute approximate surface area is 116 Å². The van der Waals surface area contributed by atoms with Crippen LogP contribution in [0.4, 0.5) is 4.79 Å². The van der Waals surface area contributed by atoms with Gasteiger partial charge in [-0.2, -0.15) is 0 Å². The summed E-state index contributed by atoms with van der Waals surface area (Å²) in [6.07, 6.45) is 0.485. The number of piperidine rings is 1. The number of methoxy groups -OCH3 is 1. The first kappa shape index (κ1) is 14.2. The third-order valence-corrected chi connectivity index (χ3v) is 3.37. The Morgan fingerprint density at radius 3 is 2.20 bits per heavy atom. The van der Waals surface area contributed by atoms with Gasteiger partial charge < -0.3 is 19.5 Å². The number of rotatable bonds is 3. The van der Waals surface area contributed by atoms with Crippen molar-refractivity contribution < 1.29 is 24.2 Å². The zero-order valence-electron chi connectivity index (χ0n) is 11.2. The summed E-state index contributed by atoms with van der Waals surface area (Å²) >= 11 is 0. The first-order valence-corrected chi connectivity index (χ1v) is 6.44. The molecule has 0 spiro atoms. The minimum Gasteiger partial charge on any atom is -0.497 e. The third kappa shape index (κ3) is 3.40. The Morgan fingerprint density at radius 2 is 1.70 bits per heavy atom. The number of nitrogens with zero attached hydrogens (tertiary/aromatic N) is 1. The minimum absolute atomic E-state index is 0.361. The number of hydrogen-bond donors (Lipinski definition) is 1. The van der Waals surface area contributed by atoms with E-state index in [4.69, 9.17) is 14.6 Å². The van der Waals surface area contributed by atoms with Crippen LogP contribution in [0, 0.1) is 5.92 Å². The molecular weight excluding hydrogens is 262 g/mol. The molecule has 1 aromatic rings. The quantitative estimate of drug-likeness (QED) is 0.915. The van der Waals surface area contributed by atoms with Crippen LogP contribution in [0.1, 0.15) is 12.8 Å². The SMILES string of the molecule is COc1ccc(OC(=O)N2CCC(C(=O)O)CC2)cc1. The van der Waals surface area contributed by atoms with Crippen LogP contribution in [0.25, 0.3) is 0 Å². The molecule has 0 atom stereocenters. The van der Waals surface area contributed by atoms with Gasteiger partial charge in [0.2, 0.25) is 0 Å². The second-order valence-corrected chi connectivity index (χ2v) is 4.64. The number of carboxylic acid groups (broad SMARTS) is 1. The van der Waals surface area contributed by atoms with Crippen molar-refractivity contribution in [2.75, 3.05) is 20.2 Å². The zero-order chi connectivity index (χ0) is 14.5. The number of amides is 1. The molecule has 1 aliphatic rings. The number of benzene rings is 1. The number of likely N-dealkylation sites (tertiary alicyclic amines) is 1. The second-order valence-electron chi connectivity index (χ2n) is 4.64. The summed E-state index contributed by atoms with van der Waals surface area (Å²) in [6.45, 7) is 0.817. The molecule has 0 saturated carbocycles. The lowest BCUT2D eigenvalue weighted by atomic mass is 9.97. The molecule has 0 aliphatic carbocycles.